The third-order valence-corrected chi connectivity index (χ3v) is 4.03. The van der Waals surface area contributed by atoms with E-state index >= 15 is 0 Å². The predicted octanol–water partition coefficient (Wildman–Crippen LogP) is -0.252. The first-order chi connectivity index (χ1) is 8.77. The van der Waals surface area contributed by atoms with E-state index in [1.54, 1.807) is 13.8 Å². The Bertz CT molecular complexity index is 536. The third-order valence-electron chi connectivity index (χ3n) is 2.57. The lowest BCUT2D eigenvalue weighted by Crippen LogP contribution is -2.50. The smallest absolute Gasteiger partial charge is 0.241 e. The van der Waals surface area contributed by atoms with Gasteiger partial charge in [0, 0.05) is 0 Å². The van der Waals surface area contributed by atoms with Crippen LogP contribution >= 0.6 is 0 Å². The zero-order valence-corrected chi connectivity index (χ0v) is 11.7. The molecule has 0 aliphatic carbocycles. The average molecular weight is 286 g/mol. The maximum absolute atomic E-state index is 12.0. The Labute approximate surface area is 112 Å². The van der Waals surface area contributed by atoms with Gasteiger partial charge >= 0.3 is 0 Å². The van der Waals surface area contributed by atoms with Gasteiger partial charge in [-0.05, 0) is 30.2 Å². The number of hydrogen-bond acceptors (Lipinski definition) is 5. The van der Waals surface area contributed by atoms with Crippen molar-refractivity contribution in [3.05, 3.63) is 24.3 Å². The van der Waals surface area contributed by atoms with Crippen molar-refractivity contribution in [2.75, 3.05) is 7.11 Å². The number of carboxylic acid groups (broad SMARTS) is 1. The van der Waals surface area contributed by atoms with Gasteiger partial charge in [-0.25, -0.2) is 13.1 Å². The van der Waals surface area contributed by atoms with Crippen LogP contribution in [0.1, 0.15) is 13.8 Å². The van der Waals surface area contributed by atoms with Gasteiger partial charge in [0.05, 0.1) is 24.0 Å². The summed E-state index contributed by atoms with van der Waals surface area (Å²) in [5.41, 5.74) is 0. The molecule has 106 valence electrons. The molecule has 7 heteroatoms. The van der Waals surface area contributed by atoms with Crippen molar-refractivity contribution in [2.45, 2.75) is 24.8 Å². The molecule has 0 radical (unpaired) electrons. The monoisotopic (exact) mass is 286 g/mol. The van der Waals surface area contributed by atoms with Crippen molar-refractivity contribution in [2.24, 2.45) is 5.92 Å². The van der Waals surface area contributed by atoms with Gasteiger partial charge in [0.15, 0.2) is 0 Å². The molecule has 1 aromatic carbocycles. The molecule has 0 heterocycles. The minimum absolute atomic E-state index is 0.0276. The Hall–Kier alpha value is -1.60. The van der Waals surface area contributed by atoms with Crippen LogP contribution in [0.2, 0.25) is 0 Å². The highest BCUT2D eigenvalue weighted by Crippen LogP contribution is 2.16. The van der Waals surface area contributed by atoms with Gasteiger partial charge in [-0.1, -0.05) is 13.8 Å². The number of benzene rings is 1. The number of rotatable bonds is 6. The van der Waals surface area contributed by atoms with E-state index in [1.165, 1.54) is 31.4 Å². The summed E-state index contributed by atoms with van der Waals surface area (Å²) < 4.78 is 31.1. The van der Waals surface area contributed by atoms with Gasteiger partial charge in [-0.2, -0.15) is 0 Å². The second-order valence-electron chi connectivity index (χ2n) is 4.34. The van der Waals surface area contributed by atoms with Crippen LogP contribution in [0.25, 0.3) is 0 Å². The highest BCUT2D eigenvalue weighted by molar-refractivity contribution is 7.89. The lowest BCUT2D eigenvalue weighted by atomic mass is 10.1. The molecule has 6 nitrogen and oxygen atoms in total. The van der Waals surface area contributed by atoms with E-state index in [9.17, 15) is 18.3 Å². The number of sulfonamides is 1. The van der Waals surface area contributed by atoms with Crippen LogP contribution in [0.15, 0.2) is 29.2 Å². The quantitative estimate of drug-likeness (QED) is 0.778. The van der Waals surface area contributed by atoms with Crippen LogP contribution in [0.5, 0.6) is 5.75 Å². The molecule has 0 aliphatic heterocycles. The largest absolute Gasteiger partial charge is 0.548 e. The Balaban J connectivity index is 2.99. The van der Waals surface area contributed by atoms with E-state index in [1.807, 2.05) is 0 Å². The Morgan fingerprint density at radius 3 is 2.16 bits per heavy atom. The van der Waals surface area contributed by atoms with Gasteiger partial charge in [0.2, 0.25) is 10.0 Å². The zero-order chi connectivity index (χ0) is 14.6. The summed E-state index contributed by atoms with van der Waals surface area (Å²) >= 11 is 0. The fourth-order valence-corrected chi connectivity index (χ4v) is 2.78. The maximum Gasteiger partial charge on any atom is 0.241 e. The summed E-state index contributed by atoms with van der Waals surface area (Å²) in [6.07, 6.45) is 0. The lowest BCUT2D eigenvalue weighted by molar-refractivity contribution is -0.309. The molecule has 0 unspecified atom stereocenters. The molecular weight excluding hydrogens is 270 g/mol. The Morgan fingerprint density at radius 1 is 1.26 bits per heavy atom. The molecule has 0 saturated carbocycles. The van der Waals surface area contributed by atoms with Gasteiger partial charge < -0.3 is 14.6 Å². The van der Waals surface area contributed by atoms with Crippen LogP contribution in [0.4, 0.5) is 0 Å². The minimum Gasteiger partial charge on any atom is -0.548 e. The predicted molar refractivity (Wildman–Crippen MR) is 66.9 cm³/mol. The van der Waals surface area contributed by atoms with Crippen LogP contribution in [-0.2, 0) is 14.8 Å². The average Bonchev–Trinajstić information content (AvgIpc) is 2.35. The third kappa shape index (κ3) is 3.93. The molecule has 19 heavy (non-hydrogen) atoms. The van der Waals surface area contributed by atoms with Gasteiger partial charge in [0.1, 0.15) is 5.75 Å². The molecule has 0 aliphatic rings. The summed E-state index contributed by atoms with van der Waals surface area (Å²) in [6, 6.07) is 4.38. The van der Waals surface area contributed by atoms with Crippen molar-refractivity contribution in [1.82, 2.24) is 4.72 Å². The van der Waals surface area contributed by atoms with Gasteiger partial charge in [-0.3, -0.25) is 0 Å². The van der Waals surface area contributed by atoms with Gasteiger partial charge in [0.25, 0.3) is 0 Å². The Kier molecular flexibility index (Phi) is 4.90. The molecule has 1 aromatic rings. The molecule has 0 fully saturated rings. The van der Waals surface area contributed by atoms with Crippen molar-refractivity contribution < 1.29 is 23.1 Å². The van der Waals surface area contributed by atoms with E-state index in [0.29, 0.717) is 5.75 Å². The number of ether oxygens (including phenoxy) is 1. The number of carboxylic acids is 1. The number of carbonyl (C=O) groups is 1. The first-order valence-corrected chi connectivity index (χ1v) is 7.13. The van der Waals surface area contributed by atoms with Crippen molar-refractivity contribution in [1.29, 1.82) is 0 Å². The van der Waals surface area contributed by atoms with E-state index in [4.69, 9.17) is 4.74 Å². The molecule has 1 rings (SSSR count). The highest BCUT2D eigenvalue weighted by Gasteiger charge is 2.23. The van der Waals surface area contributed by atoms with E-state index in [2.05, 4.69) is 4.72 Å². The van der Waals surface area contributed by atoms with Crippen LogP contribution in [-0.4, -0.2) is 27.5 Å². The van der Waals surface area contributed by atoms with Crippen molar-refractivity contribution >= 4 is 16.0 Å². The number of methoxy groups -OCH3 is 1. The second kappa shape index (κ2) is 6.03. The number of carbonyl (C=O) groups excluding carboxylic acids is 1. The number of hydrogen-bond donors (Lipinski definition) is 1. The van der Waals surface area contributed by atoms with Crippen molar-refractivity contribution in [3.8, 4) is 5.75 Å². The Morgan fingerprint density at radius 2 is 1.79 bits per heavy atom. The standard InChI is InChI=1S/C12H17NO5S/c1-8(2)11(12(14)15)13-19(16,17)10-6-4-9(18-3)5-7-10/h4-8,11,13H,1-3H3,(H,14,15)/p-1/t11-/m1/s1. The van der Waals surface area contributed by atoms with Crippen molar-refractivity contribution in [3.63, 3.8) is 0 Å². The molecular formula is C12H16NO5S-. The molecule has 1 N–H and O–H groups in total. The molecule has 0 spiro atoms. The van der Waals surface area contributed by atoms with Gasteiger partial charge in [-0.15, -0.1) is 0 Å². The highest BCUT2D eigenvalue weighted by atomic mass is 32.2. The zero-order valence-electron chi connectivity index (χ0n) is 10.9. The summed E-state index contributed by atoms with van der Waals surface area (Å²) in [6.45, 7) is 3.19. The lowest BCUT2D eigenvalue weighted by Gasteiger charge is -2.23. The molecule has 0 aromatic heterocycles. The summed E-state index contributed by atoms with van der Waals surface area (Å²) in [7, 11) is -2.44. The normalized spacial score (nSPS) is 13.3. The number of nitrogens with one attached hydrogen (secondary N) is 1. The summed E-state index contributed by atoms with van der Waals surface area (Å²) in [4.78, 5) is 10.9. The topological polar surface area (TPSA) is 95.5 Å². The van der Waals surface area contributed by atoms with Crippen LogP contribution in [0, 0.1) is 5.92 Å². The van der Waals surface area contributed by atoms with E-state index in [0.717, 1.165) is 0 Å². The maximum atomic E-state index is 12.0. The molecule has 0 amide bonds. The van der Waals surface area contributed by atoms with E-state index in [-0.39, 0.29) is 4.90 Å². The SMILES string of the molecule is COc1ccc(S(=O)(=O)N[C@@H](C(=O)[O-])C(C)C)cc1. The fraction of sp³-hybridized carbons (Fsp3) is 0.417. The van der Waals surface area contributed by atoms with Crippen LogP contribution in [0.3, 0.4) is 0 Å². The van der Waals surface area contributed by atoms with E-state index < -0.39 is 28.0 Å². The minimum atomic E-state index is -3.90. The first kappa shape index (κ1) is 15.5. The number of aliphatic carboxylic acids is 1. The summed E-state index contributed by atoms with van der Waals surface area (Å²) in [5, 5.41) is 10.9. The molecule has 1 atom stereocenters. The summed E-state index contributed by atoms with van der Waals surface area (Å²) in [5.74, 6) is -1.36. The van der Waals surface area contributed by atoms with Crippen LogP contribution < -0.4 is 14.6 Å². The fourth-order valence-electron chi connectivity index (χ4n) is 1.45. The molecule has 0 saturated heterocycles. The first-order valence-electron chi connectivity index (χ1n) is 5.65. The molecule has 0 bridgehead atoms. The second-order valence-corrected chi connectivity index (χ2v) is 6.05.